The number of aromatic nitrogens is 1. The predicted molar refractivity (Wildman–Crippen MR) is 63.5 cm³/mol. The summed E-state index contributed by atoms with van der Waals surface area (Å²) in [5.41, 5.74) is 8.97. The number of nitrogen functional groups attached to an aromatic ring is 1. The van der Waals surface area contributed by atoms with Gasteiger partial charge in [0.1, 0.15) is 0 Å². The van der Waals surface area contributed by atoms with Crippen LogP contribution in [0.25, 0.3) is 0 Å². The summed E-state index contributed by atoms with van der Waals surface area (Å²) in [6.45, 7) is 0. The highest BCUT2D eigenvalue weighted by Gasteiger charge is 2.04. The van der Waals surface area contributed by atoms with Crippen molar-refractivity contribution in [3.63, 3.8) is 0 Å². The zero-order valence-electron chi connectivity index (χ0n) is 7.40. The van der Waals surface area contributed by atoms with E-state index in [9.17, 15) is 0 Å². The van der Waals surface area contributed by atoms with Crippen molar-refractivity contribution in [3.05, 3.63) is 44.8 Å². The molecule has 0 atom stereocenters. The minimum atomic E-state index is 0.804. The molecule has 0 radical (unpaired) electrons. The highest BCUT2D eigenvalue weighted by molar-refractivity contribution is 9.10. The van der Waals surface area contributed by atoms with Gasteiger partial charge in [0.25, 0.3) is 0 Å². The molecule has 0 aliphatic rings. The third-order valence-corrected chi connectivity index (χ3v) is 3.84. The van der Waals surface area contributed by atoms with Crippen LogP contribution in [0.15, 0.2) is 33.7 Å². The Morgan fingerprint density at radius 2 is 2.21 bits per heavy atom. The SMILES string of the molecule is Nc1ccncc1Cc1cscc1Br. The topological polar surface area (TPSA) is 38.9 Å². The van der Waals surface area contributed by atoms with Crippen LogP contribution < -0.4 is 5.73 Å². The fourth-order valence-corrected chi connectivity index (χ4v) is 2.67. The molecular weight excluding hydrogens is 260 g/mol. The molecule has 0 unspecified atom stereocenters. The molecule has 0 fully saturated rings. The third-order valence-electron chi connectivity index (χ3n) is 2.01. The number of nitrogens with two attached hydrogens (primary N) is 1. The lowest BCUT2D eigenvalue weighted by molar-refractivity contribution is 1.15. The van der Waals surface area contributed by atoms with E-state index in [0.29, 0.717) is 0 Å². The van der Waals surface area contributed by atoms with Crippen LogP contribution in [0, 0.1) is 0 Å². The van der Waals surface area contributed by atoms with Gasteiger partial charge in [0.05, 0.1) is 0 Å². The second kappa shape index (κ2) is 4.11. The Hall–Kier alpha value is -0.870. The van der Waals surface area contributed by atoms with Gasteiger partial charge in [-0.3, -0.25) is 4.98 Å². The van der Waals surface area contributed by atoms with Crippen LogP contribution in [0.4, 0.5) is 5.69 Å². The first-order chi connectivity index (χ1) is 6.77. The maximum absolute atomic E-state index is 5.84. The summed E-state index contributed by atoms with van der Waals surface area (Å²) < 4.78 is 1.14. The molecule has 0 aromatic carbocycles. The number of nitrogens with zero attached hydrogens (tertiary/aromatic N) is 1. The number of hydrogen-bond acceptors (Lipinski definition) is 3. The Labute approximate surface area is 94.9 Å². The first kappa shape index (κ1) is 9.68. The first-order valence-corrected chi connectivity index (χ1v) is 5.90. The molecule has 2 rings (SSSR count). The van der Waals surface area contributed by atoms with Gasteiger partial charge in [0, 0.05) is 34.4 Å². The maximum Gasteiger partial charge on any atom is 0.0380 e. The lowest BCUT2D eigenvalue weighted by Crippen LogP contribution is -1.95. The van der Waals surface area contributed by atoms with Crippen molar-refractivity contribution >= 4 is 33.0 Å². The van der Waals surface area contributed by atoms with E-state index in [0.717, 1.165) is 22.1 Å². The predicted octanol–water partition coefficient (Wildman–Crippen LogP) is 3.08. The average molecular weight is 269 g/mol. The van der Waals surface area contributed by atoms with Crippen molar-refractivity contribution in [1.82, 2.24) is 4.98 Å². The molecule has 2 N–H and O–H groups in total. The van der Waals surface area contributed by atoms with Crippen LogP contribution in [-0.4, -0.2) is 4.98 Å². The number of thiophene rings is 1. The molecule has 0 saturated carbocycles. The standard InChI is InChI=1S/C10H9BrN2S/c11-9-6-14-5-8(9)3-7-4-13-2-1-10(7)12/h1-2,4-6H,3H2,(H2,12,13). The Balaban J connectivity index is 2.28. The minimum Gasteiger partial charge on any atom is -0.398 e. The zero-order valence-corrected chi connectivity index (χ0v) is 9.81. The van der Waals surface area contributed by atoms with E-state index in [1.807, 2.05) is 12.3 Å². The molecule has 0 amide bonds. The Morgan fingerprint density at radius 3 is 2.86 bits per heavy atom. The second-order valence-corrected chi connectivity index (χ2v) is 4.59. The smallest absolute Gasteiger partial charge is 0.0380 e. The van der Waals surface area contributed by atoms with E-state index in [1.165, 1.54) is 5.56 Å². The monoisotopic (exact) mass is 268 g/mol. The van der Waals surface area contributed by atoms with E-state index in [4.69, 9.17) is 5.73 Å². The van der Waals surface area contributed by atoms with E-state index in [2.05, 4.69) is 31.7 Å². The average Bonchev–Trinajstić information content (AvgIpc) is 2.56. The van der Waals surface area contributed by atoms with E-state index >= 15 is 0 Å². The summed E-state index contributed by atoms with van der Waals surface area (Å²) in [7, 11) is 0. The summed E-state index contributed by atoms with van der Waals surface area (Å²) in [6.07, 6.45) is 4.37. The Bertz CT molecular complexity index is 439. The molecule has 0 bridgehead atoms. The van der Waals surface area contributed by atoms with Crippen LogP contribution in [-0.2, 0) is 6.42 Å². The molecule has 14 heavy (non-hydrogen) atoms. The molecule has 2 heterocycles. The van der Waals surface area contributed by atoms with Gasteiger partial charge in [-0.25, -0.2) is 0 Å². The molecule has 0 saturated heterocycles. The maximum atomic E-state index is 5.84. The molecule has 2 aromatic rings. The van der Waals surface area contributed by atoms with Crippen LogP contribution in [0.5, 0.6) is 0 Å². The lowest BCUT2D eigenvalue weighted by Gasteiger charge is -2.03. The fraction of sp³-hybridized carbons (Fsp3) is 0.100. The van der Waals surface area contributed by atoms with Gasteiger partial charge in [0.15, 0.2) is 0 Å². The summed E-state index contributed by atoms with van der Waals surface area (Å²) in [6, 6.07) is 1.83. The van der Waals surface area contributed by atoms with Crippen LogP contribution in [0.1, 0.15) is 11.1 Å². The van der Waals surface area contributed by atoms with E-state index < -0.39 is 0 Å². The first-order valence-electron chi connectivity index (χ1n) is 4.16. The molecular formula is C10H9BrN2S. The quantitative estimate of drug-likeness (QED) is 0.909. The van der Waals surface area contributed by atoms with Crippen molar-refractivity contribution in [2.75, 3.05) is 5.73 Å². The minimum absolute atomic E-state index is 0.804. The highest BCUT2D eigenvalue weighted by Crippen LogP contribution is 2.25. The van der Waals surface area contributed by atoms with Gasteiger partial charge in [0.2, 0.25) is 0 Å². The molecule has 0 spiro atoms. The van der Waals surface area contributed by atoms with E-state index in [1.54, 1.807) is 17.5 Å². The van der Waals surface area contributed by atoms with Crippen LogP contribution >= 0.6 is 27.3 Å². The molecule has 4 heteroatoms. The number of rotatable bonds is 2. The molecule has 0 aliphatic heterocycles. The molecule has 2 aromatic heterocycles. The highest BCUT2D eigenvalue weighted by atomic mass is 79.9. The third kappa shape index (κ3) is 1.96. The lowest BCUT2D eigenvalue weighted by atomic mass is 10.1. The van der Waals surface area contributed by atoms with E-state index in [-0.39, 0.29) is 0 Å². The van der Waals surface area contributed by atoms with Crippen molar-refractivity contribution in [3.8, 4) is 0 Å². The molecule has 72 valence electrons. The zero-order chi connectivity index (χ0) is 9.97. The largest absolute Gasteiger partial charge is 0.398 e. The van der Waals surface area contributed by atoms with Gasteiger partial charge in [-0.15, -0.1) is 0 Å². The van der Waals surface area contributed by atoms with Crippen LogP contribution in [0.2, 0.25) is 0 Å². The Kier molecular flexibility index (Phi) is 2.84. The summed E-state index contributed by atoms with van der Waals surface area (Å²) >= 11 is 5.18. The van der Waals surface area contributed by atoms with Crippen molar-refractivity contribution < 1.29 is 0 Å². The summed E-state index contributed by atoms with van der Waals surface area (Å²) in [5, 5.41) is 4.19. The van der Waals surface area contributed by atoms with Crippen molar-refractivity contribution in [2.24, 2.45) is 0 Å². The van der Waals surface area contributed by atoms with Gasteiger partial charge in [-0.2, -0.15) is 11.3 Å². The summed E-state index contributed by atoms with van der Waals surface area (Å²) in [5.74, 6) is 0. The number of pyridine rings is 1. The molecule has 2 nitrogen and oxygen atoms in total. The Morgan fingerprint density at radius 1 is 1.36 bits per heavy atom. The van der Waals surface area contributed by atoms with Gasteiger partial charge in [-0.05, 0) is 38.5 Å². The second-order valence-electron chi connectivity index (χ2n) is 3.00. The van der Waals surface area contributed by atoms with Gasteiger partial charge >= 0.3 is 0 Å². The number of hydrogen-bond donors (Lipinski definition) is 1. The number of anilines is 1. The fourth-order valence-electron chi connectivity index (χ4n) is 1.22. The van der Waals surface area contributed by atoms with Crippen LogP contribution in [0.3, 0.4) is 0 Å². The van der Waals surface area contributed by atoms with Gasteiger partial charge < -0.3 is 5.73 Å². The molecule has 0 aliphatic carbocycles. The van der Waals surface area contributed by atoms with Crippen molar-refractivity contribution in [1.29, 1.82) is 0 Å². The van der Waals surface area contributed by atoms with Crippen molar-refractivity contribution in [2.45, 2.75) is 6.42 Å². The summed E-state index contributed by atoms with van der Waals surface area (Å²) in [4.78, 5) is 4.06. The van der Waals surface area contributed by atoms with Gasteiger partial charge in [-0.1, -0.05) is 0 Å². The normalized spacial score (nSPS) is 10.4. The number of halogens is 1.